The molecule has 2 heterocycles. The van der Waals surface area contributed by atoms with Crippen molar-refractivity contribution in [3.05, 3.63) is 41.8 Å². The van der Waals surface area contributed by atoms with Gasteiger partial charge in [0.2, 0.25) is 0 Å². The van der Waals surface area contributed by atoms with Gasteiger partial charge in [0.15, 0.2) is 5.76 Å². The second-order valence-corrected chi connectivity index (χ2v) is 4.44. The molecule has 2 aromatic heterocycles. The molecule has 5 nitrogen and oxygen atoms in total. The molecule has 0 spiro atoms. The molecule has 0 N–H and O–H groups in total. The first-order chi connectivity index (χ1) is 9.63. The third-order valence-corrected chi connectivity index (χ3v) is 3.00. The van der Waals surface area contributed by atoms with E-state index in [1.54, 1.807) is 38.4 Å². The average Bonchev–Trinajstić information content (AvgIpc) is 2.98. The Labute approximate surface area is 117 Å². The van der Waals surface area contributed by atoms with E-state index in [2.05, 4.69) is 4.98 Å². The molecule has 20 heavy (non-hydrogen) atoms. The number of amides is 1. The van der Waals surface area contributed by atoms with Crippen molar-refractivity contribution in [3.63, 3.8) is 0 Å². The average molecular weight is 269 g/mol. The molecule has 0 aromatic carbocycles. The van der Waals surface area contributed by atoms with Crippen LogP contribution in [0.5, 0.6) is 0 Å². The molecule has 1 amide bonds. The van der Waals surface area contributed by atoms with Crippen LogP contribution >= 0.6 is 0 Å². The highest BCUT2D eigenvalue weighted by molar-refractivity contribution is 5.95. The summed E-state index contributed by atoms with van der Waals surface area (Å²) in [6.07, 6.45) is 1.90. The van der Waals surface area contributed by atoms with E-state index in [0.717, 1.165) is 0 Å². The summed E-state index contributed by atoms with van der Waals surface area (Å²) in [5, 5.41) is 8.55. The minimum Gasteiger partial charge on any atom is -0.463 e. The van der Waals surface area contributed by atoms with Crippen molar-refractivity contribution in [2.24, 2.45) is 0 Å². The summed E-state index contributed by atoms with van der Waals surface area (Å²) in [4.78, 5) is 18.1. The maximum Gasteiger partial charge on any atom is 0.255 e. The molecule has 0 bridgehead atoms. The van der Waals surface area contributed by atoms with E-state index in [4.69, 9.17) is 9.68 Å². The lowest BCUT2D eigenvalue weighted by Crippen LogP contribution is -2.28. The highest BCUT2D eigenvalue weighted by Crippen LogP contribution is 2.19. The van der Waals surface area contributed by atoms with E-state index in [1.807, 2.05) is 12.1 Å². The van der Waals surface area contributed by atoms with Crippen LogP contribution in [0.4, 0.5) is 0 Å². The molecule has 0 unspecified atom stereocenters. The Morgan fingerprint density at radius 3 is 2.85 bits per heavy atom. The van der Waals surface area contributed by atoms with Crippen LogP contribution in [0, 0.1) is 18.3 Å². The Morgan fingerprint density at radius 1 is 1.45 bits per heavy atom. The van der Waals surface area contributed by atoms with Gasteiger partial charge in [-0.1, -0.05) is 0 Å². The molecule has 5 heteroatoms. The number of nitriles is 1. The molecule has 2 rings (SSSR count). The summed E-state index contributed by atoms with van der Waals surface area (Å²) >= 11 is 0. The standard InChI is InChI=1S/C15H15N3O2/c1-11-12(15(19)18(2)9-4-8-16)6-7-13(17-11)14-5-3-10-20-14/h3,5-7,10H,4,9H2,1-2H3. The molecule has 0 radical (unpaired) electrons. The third-order valence-electron chi connectivity index (χ3n) is 3.00. The van der Waals surface area contributed by atoms with E-state index in [0.29, 0.717) is 35.7 Å². The van der Waals surface area contributed by atoms with E-state index in [9.17, 15) is 4.79 Å². The van der Waals surface area contributed by atoms with Gasteiger partial charge in [-0.3, -0.25) is 4.79 Å². The molecule has 0 fully saturated rings. The first-order valence-corrected chi connectivity index (χ1v) is 6.27. The number of aromatic nitrogens is 1. The summed E-state index contributed by atoms with van der Waals surface area (Å²) in [6, 6.07) is 9.14. The van der Waals surface area contributed by atoms with Crippen LogP contribution in [-0.4, -0.2) is 29.4 Å². The lowest BCUT2D eigenvalue weighted by Gasteiger charge is -2.16. The molecule has 102 valence electrons. The van der Waals surface area contributed by atoms with Gasteiger partial charge in [0, 0.05) is 13.6 Å². The molecule has 0 saturated heterocycles. The fraction of sp³-hybridized carbons (Fsp3) is 0.267. The zero-order valence-corrected chi connectivity index (χ0v) is 11.5. The SMILES string of the molecule is Cc1nc(-c2ccco2)ccc1C(=O)N(C)CCC#N. The van der Waals surface area contributed by atoms with Gasteiger partial charge >= 0.3 is 0 Å². The Hall–Kier alpha value is -2.61. The van der Waals surface area contributed by atoms with Crippen molar-refractivity contribution in [2.75, 3.05) is 13.6 Å². The summed E-state index contributed by atoms with van der Waals surface area (Å²) in [6.45, 7) is 2.20. The molecular weight excluding hydrogens is 254 g/mol. The first-order valence-electron chi connectivity index (χ1n) is 6.27. The third kappa shape index (κ3) is 2.86. The largest absolute Gasteiger partial charge is 0.463 e. The van der Waals surface area contributed by atoms with E-state index in [1.165, 1.54) is 4.90 Å². The van der Waals surface area contributed by atoms with Gasteiger partial charge < -0.3 is 9.32 Å². The van der Waals surface area contributed by atoms with Crippen LogP contribution in [0.2, 0.25) is 0 Å². The molecule has 0 aliphatic carbocycles. The van der Waals surface area contributed by atoms with Crippen molar-refractivity contribution in [3.8, 4) is 17.5 Å². The Bertz CT molecular complexity index is 642. The minimum absolute atomic E-state index is 0.128. The van der Waals surface area contributed by atoms with Crippen molar-refractivity contribution in [2.45, 2.75) is 13.3 Å². The van der Waals surface area contributed by atoms with Crippen LogP contribution in [0.1, 0.15) is 22.5 Å². The number of carbonyl (C=O) groups excluding carboxylic acids is 1. The Morgan fingerprint density at radius 2 is 2.25 bits per heavy atom. The second-order valence-electron chi connectivity index (χ2n) is 4.44. The minimum atomic E-state index is -0.128. The molecule has 0 saturated carbocycles. The molecule has 0 aliphatic rings. The molecule has 2 aromatic rings. The van der Waals surface area contributed by atoms with E-state index >= 15 is 0 Å². The van der Waals surface area contributed by atoms with Gasteiger partial charge in [0.25, 0.3) is 5.91 Å². The summed E-state index contributed by atoms with van der Waals surface area (Å²) in [7, 11) is 1.68. The predicted octanol–water partition coefficient (Wildman–Crippen LogP) is 2.64. The monoisotopic (exact) mass is 269 g/mol. The maximum absolute atomic E-state index is 12.2. The van der Waals surface area contributed by atoms with Crippen LogP contribution in [-0.2, 0) is 0 Å². The van der Waals surface area contributed by atoms with Gasteiger partial charge in [-0.2, -0.15) is 5.26 Å². The van der Waals surface area contributed by atoms with Crippen LogP contribution in [0.15, 0.2) is 34.9 Å². The van der Waals surface area contributed by atoms with Gasteiger partial charge in [0.05, 0.1) is 30.0 Å². The fourth-order valence-electron chi connectivity index (χ4n) is 1.87. The van der Waals surface area contributed by atoms with Crippen molar-refractivity contribution in [1.82, 2.24) is 9.88 Å². The number of rotatable bonds is 4. The number of pyridine rings is 1. The Kier molecular flexibility index (Phi) is 4.16. The van der Waals surface area contributed by atoms with E-state index in [-0.39, 0.29) is 5.91 Å². The Balaban J connectivity index is 2.22. The molecule has 0 aliphatic heterocycles. The van der Waals surface area contributed by atoms with E-state index < -0.39 is 0 Å². The van der Waals surface area contributed by atoms with Gasteiger partial charge in [-0.15, -0.1) is 0 Å². The number of hydrogen-bond donors (Lipinski definition) is 0. The van der Waals surface area contributed by atoms with Crippen LogP contribution < -0.4 is 0 Å². The fourth-order valence-corrected chi connectivity index (χ4v) is 1.87. The molecule has 0 atom stereocenters. The predicted molar refractivity (Wildman–Crippen MR) is 73.9 cm³/mol. The van der Waals surface area contributed by atoms with Gasteiger partial charge in [-0.25, -0.2) is 4.98 Å². The smallest absolute Gasteiger partial charge is 0.255 e. The van der Waals surface area contributed by atoms with Crippen molar-refractivity contribution >= 4 is 5.91 Å². The zero-order chi connectivity index (χ0) is 14.5. The number of aryl methyl sites for hydroxylation is 1. The number of carbonyl (C=O) groups is 1. The van der Waals surface area contributed by atoms with Gasteiger partial charge in [-0.05, 0) is 31.2 Å². The summed E-state index contributed by atoms with van der Waals surface area (Å²) in [5.74, 6) is 0.543. The van der Waals surface area contributed by atoms with Gasteiger partial charge in [0.1, 0.15) is 5.69 Å². The normalized spacial score (nSPS) is 10.1. The van der Waals surface area contributed by atoms with Crippen molar-refractivity contribution in [1.29, 1.82) is 5.26 Å². The topological polar surface area (TPSA) is 70.1 Å². The quantitative estimate of drug-likeness (QED) is 0.855. The zero-order valence-electron chi connectivity index (χ0n) is 11.5. The number of furan rings is 1. The molecular formula is C15H15N3O2. The number of hydrogen-bond acceptors (Lipinski definition) is 4. The number of nitrogens with zero attached hydrogens (tertiary/aromatic N) is 3. The van der Waals surface area contributed by atoms with Crippen LogP contribution in [0.25, 0.3) is 11.5 Å². The van der Waals surface area contributed by atoms with Crippen LogP contribution in [0.3, 0.4) is 0 Å². The summed E-state index contributed by atoms with van der Waals surface area (Å²) in [5.41, 5.74) is 1.89. The second kappa shape index (κ2) is 6.02. The highest BCUT2D eigenvalue weighted by atomic mass is 16.3. The lowest BCUT2D eigenvalue weighted by molar-refractivity contribution is 0.0797. The highest BCUT2D eigenvalue weighted by Gasteiger charge is 2.15. The lowest BCUT2D eigenvalue weighted by atomic mass is 10.1. The summed E-state index contributed by atoms with van der Waals surface area (Å²) < 4.78 is 5.28. The van der Waals surface area contributed by atoms with Crippen molar-refractivity contribution < 1.29 is 9.21 Å². The maximum atomic E-state index is 12.2. The first kappa shape index (κ1) is 13.8.